The summed E-state index contributed by atoms with van der Waals surface area (Å²) in [5, 5.41) is 3.02. The lowest BCUT2D eigenvalue weighted by Gasteiger charge is -2.24. The van der Waals surface area contributed by atoms with Gasteiger partial charge in [0.2, 0.25) is 0 Å². The van der Waals surface area contributed by atoms with Crippen LogP contribution < -0.4 is 5.32 Å². The maximum Gasteiger partial charge on any atom is 0.194 e. The maximum absolute atomic E-state index is 12.9. The second-order valence-electron chi connectivity index (χ2n) is 3.36. The normalized spacial score (nSPS) is 21.7. The number of benzene rings is 1. The lowest BCUT2D eigenvalue weighted by atomic mass is 10.1. The van der Waals surface area contributed by atoms with Crippen molar-refractivity contribution in [2.75, 3.05) is 19.7 Å². The molecule has 0 unspecified atom stereocenters. The highest BCUT2D eigenvalue weighted by atomic mass is 19.2. The SMILES string of the molecule is Fc1cc([C@H]2CNCCO2)cc(F)c1F. The number of halogens is 3. The molecule has 1 N–H and O–H groups in total. The van der Waals surface area contributed by atoms with Crippen LogP contribution in [0.5, 0.6) is 0 Å². The Hall–Kier alpha value is -1.07. The number of rotatable bonds is 1. The lowest BCUT2D eigenvalue weighted by Crippen LogP contribution is -2.33. The molecule has 0 amide bonds. The molecule has 2 nitrogen and oxygen atoms in total. The monoisotopic (exact) mass is 217 g/mol. The number of nitrogens with one attached hydrogen (secondary N) is 1. The van der Waals surface area contributed by atoms with E-state index in [0.717, 1.165) is 12.1 Å². The number of morpholine rings is 1. The Kier molecular flexibility index (Phi) is 2.93. The summed E-state index contributed by atoms with van der Waals surface area (Å²) in [6, 6.07) is 1.94. The lowest BCUT2D eigenvalue weighted by molar-refractivity contribution is 0.0272. The van der Waals surface area contributed by atoms with Crippen LogP contribution in [-0.2, 0) is 4.74 Å². The van der Waals surface area contributed by atoms with Crippen molar-refractivity contribution in [1.29, 1.82) is 0 Å². The van der Waals surface area contributed by atoms with Crippen LogP contribution in [0.1, 0.15) is 11.7 Å². The zero-order chi connectivity index (χ0) is 10.8. The molecule has 2 rings (SSSR count). The minimum absolute atomic E-state index is 0.318. The molecular weight excluding hydrogens is 207 g/mol. The largest absolute Gasteiger partial charge is 0.371 e. The highest BCUT2D eigenvalue weighted by Gasteiger charge is 2.19. The molecule has 0 bridgehead atoms. The summed E-state index contributed by atoms with van der Waals surface area (Å²) in [6.07, 6.45) is -0.414. The van der Waals surface area contributed by atoms with Gasteiger partial charge < -0.3 is 10.1 Å². The molecule has 15 heavy (non-hydrogen) atoms. The molecule has 0 saturated carbocycles. The zero-order valence-corrected chi connectivity index (χ0v) is 7.90. The molecule has 1 saturated heterocycles. The summed E-state index contributed by atoms with van der Waals surface area (Å²) < 4.78 is 43.8. The fraction of sp³-hybridized carbons (Fsp3) is 0.400. The van der Waals surface area contributed by atoms with Gasteiger partial charge in [-0.05, 0) is 17.7 Å². The Labute approximate surface area is 85.0 Å². The van der Waals surface area contributed by atoms with Gasteiger partial charge in [-0.15, -0.1) is 0 Å². The molecule has 5 heteroatoms. The van der Waals surface area contributed by atoms with Gasteiger partial charge in [0.25, 0.3) is 0 Å². The molecule has 0 aromatic heterocycles. The number of ether oxygens (including phenoxy) is 1. The van der Waals surface area contributed by atoms with Crippen LogP contribution in [0.2, 0.25) is 0 Å². The van der Waals surface area contributed by atoms with E-state index in [1.54, 1.807) is 0 Å². The van der Waals surface area contributed by atoms with Crippen molar-refractivity contribution < 1.29 is 17.9 Å². The van der Waals surface area contributed by atoms with E-state index in [0.29, 0.717) is 25.3 Å². The molecular formula is C10H10F3NO. The highest BCUT2D eigenvalue weighted by molar-refractivity contribution is 5.22. The van der Waals surface area contributed by atoms with Crippen molar-refractivity contribution in [3.63, 3.8) is 0 Å². The Morgan fingerprint density at radius 3 is 2.40 bits per heavy atom. The number of hydrogen-bond acceptors (Lipinski definition) is 2. The average Bonchev–Trinajstić information content (AvgIpc) is 2.26. The van der Waals surface area contributed by atoms with E-state index < -0.39 is 23.6 Å². The van der Waals surface area contributed by atoms with E-state index in [4.69, 9.17) is 4.74 Å². The fourth-order valence-electron chi connectivity index (χ4n) is 1.54. The van der Waals surface area contributed by atoms with Crippen LogP contribution in [0, 0.1) is 17.5 Å². The van der Waals surface area contributed by atoms with Gasteiger partial charge in [0.1, 0.15) is 0 Å². The van der Waals surface area contributed by atoms with Gasteiger partial charge in [0.05, 0.1) is 12.7 Å². The summed E-state index contributed by atoms with van der Waals surface area (Å²) in [6.45, 7) is 1.67. The van der Waals surface area contributed by atoms with E-state index in [9.17, 15) is 13.2 Å². The Balaban J connectivity index is 2.27. The van der Waals surface area contributed by atoms with Crippen molar-refractivity contribution in [2.24, 2.45) is 0 Å². The van der Waals surface area contributed by atoms with Crippen molar-refractivity contribution >= 4 is 0 Å². The molecule has 1 aromatic rings. The highest BCUT2D eigenvalue weighted by Crippen LogP contribution is 2.22. The van der Waals surface area contributed by atoms with Gasteiger partial charge in [-0.3, -0.25) is 0 Å². The molecule has 1 aliphatic rings. The molecule has 1 aromatic carbocycles. The topological polar surface area (TPSA) is 21.3 Å². The summed E-state index contributed by atoms with van der Waals surface area (Å²) >= 11 is 0. The van der Waals surface area contributed by atoms with E-state index >= 15 is 0 Å². The third-order valence-electron chi connectivity index (χ3n) is 2.31. The Bertz CT molecular complexity index is 341. The average molecular weight is 217 g/mol. The van der Waals surface area contributed by atoms with Gasteiger partial charge in [0, 0.05) is 13.1 Å². The summed E-state index contributed by atoms with van der Waals surface area (Å²) in [4.78, 5) is 0. The molecule has 1 atom stereocenters. The van der Waals surface area contributed by atoms with Crippen LogP contribution in [-0.4, -0.2) is 19.7 Å². The van der Waals surface area contributed by atoms with Crippen LogP contribution >= 0.6 is 0 Å². The second-order valence-corrected chi connectivity index (χ2v) is 3.36. The molecule has 0 aliphatic carbocycles. The van der Waals surface area contributed by atoms with Gasteiger partial charge in [-0.1, -0.05) is 0 Å². The minimum atomic E-state index is -1.44. The number of hydrogen-bond donors (Lipinski definition) is 1. The molecule has 1 fully saturated rings. The van der Waals surface area contributed by atoms with Crippen molar-refractivity contribution in [1.82, 2.24) is 5.32 Å². The van der Waals surface area contributed by atoms with E-state index in [2.05, 4.69) is 5.32 Å². The second kappa shape index (κ2) is 4.20. The van der Waals surface area contributed by atoms with Crippen LogP contribution in [0.25, 0.3) is 0 Å². The van der Waals surface area contributed by atoms with Gasteiger partial charge >= 0.3 is 0 Å². The maximum atomic E-state index is 12.9. The van der Waals surface area contributed by atoms with E-state index in [1.165, 1.54) is 0 Å². The first kappa shape index (κ1) is 10.4. The Morgan fingerprint density at radius 1 is 1.20 bits per heavy atom. The molecule has 1 heterocycles. The van der Waals surface area contributed by atoms with Crippen LogP contribution in [0.15, 0.2) is 12.1 Å². The molecule has 0 spiro atoms. The third kappa shape index (κ3) is 2.13. The van der Waals surface area contributed by atoms with Gasteiger partial charge in [-0.2, -0.15) is 0 Å². The molecule has 1 aliphatic heterocycles. The van der Waals surface area contributed by atoms with E-state index in [1.807, 2.05) is 0 Å². The first-order chi connectivity index (χ1) is 7.18. The molecule has 0 radical (unpaired) electrons. The van der Waals surface area contributed by atoms with Crippen molar-refractivity contribution in [3.8, 4) is 0 Å². The van der Waals surface area contributed by atoms with Crippen LogP contribution in [0.4, 0.5) is 13.2 Å². The third-order valence-corrected chi connectivity index (χ3v) is 2.31. The quantitative estimate of drug-likeness (QED) is 0.724. The van der Waals surface area contributed by atoms with Gasteiger partial charge in [0.15, 0.2) is 17.5 Å². The summed E-state index contributed by atoms with van der Waals surface area (Å²) in [5.74, 6) is -3.80. The first-order valence-electron chi connectivity index (χ1n) is 4.65. The standard InChI is InChI=1S/C10H10F3NO/c11-7-3-6(4-8(12)10(7)13)9-5-14-1-2-15-9/h3-4,9,14H,1-2,5H2/t9-/m1/s1. The predicted molar refractivity (Wildman–Crippen MR) is 47.9 cm³/mol. The molecule has 82 valence electrons. The fourth-order valence-corrected chi connectivity index (χ4v) is 1.54. The Morgan fingerprint density at radius 2 is 1.87 bits per heavy atom. The van der Waals surface area contributed by atoms with Crippen molar-refractivity contribution in [3.05, 3.63) is 35.1 Å². The predicted octanol–water partition coefficient (Wildman–Crippen LogP) is 1.76. The van der Waals surface area contributed by atoms with Crippen molar-refractivity contribution in [2.45, 2.75) is 6.10 Å². The summed E-state index contributed by atoms with van der Waals surface area (Å²) in [7, 11) is 0. The minimum Gasteiger partial charge on any atom is -0.371 e. The van der Waals surface area contributed by atoms with E-state index in [-0.39, 0.29) is 0 Å². The van der Waals surface area contributed by atoms with Crippen LogP contribution in [0.3, 0.4) is 0 Å². The summed E-state index contributed by atoms with van der Waals surface area (Å²) in [5.41, 5.74) is 0.318. The zero-order valence-electron chi connectivity index (χ0n) is 7.90. The smallest absolute Gasteiger partial charge is 0.194 e. The first-order valence-corrected chi connectivity index (χ1v) is 4.65. The van der Waals surface area contributed by atoms with Gasteiger partial charge in [-0.25, -0.2) is 13.2 Å².